The van der Waals surface area contributed by atoms with Gasteiger partial charge >= 0.3 is 6.03 Å². The number of carbonyl (C=O) groups excluding carboxylic acids is 1. The zero-order valence-electron chi connectivity index (χ0n) is 13.4. The molecule has 0 unspecified atom stereocenters. The molecule has 1 saturated heterocycles. The summed E-state index contributed by atoms with van der Waals surface area (Å²) in [4.78, 5) is 13.8. The Hall–Kier alpha value is -1.95. The van der Waals surface area contributed by atoms with Crippen molar-refractivity contribution in [1.29, 1.82) is 0 Å². The van der Waals surface area contributed by atoms with Gasteiger partial charge in [-0.15, -0.1) is 0 Å². The average molecular weight is 307 g/mol. The Morgan fingerprint density at radius 1 is 1.32 bits per heavy atom. The van der Waals surface area contributed by atoms with Gasteiger partial charge in [0.15, 0.2) is 11.5 Å². The van der Waals surface area contributed by atoms with Crippen LogP contribution >= 0.6 is 0 Å². The van der Waals surface area contributed by atoms with Crippen LogP contribution in [0.15, 0.2) is 18.2 Å². The molecule has 1 aromatic carbocycles. The summed E-state index contributed by atoms with van der Waals surface area (Å²) in [6, 6.07) is 5.89. The minimum atomic E-state index is 0.0133. The zero-order valence-corrected chi connectivity index (χ0v) is 13.4. The van der Waals surface area contributed by atoms with Gasteiger partial charge in [0.2, 0.25) is 0 Å². The summed E-state index contributed by atoms with van der Waals surface area (Å²) >= 11 is 0. The van der Waals surface area contributed by atoms with Crippen molar-refractivity contribution in [3.05, 3.63) is 23.8 Å². The van der Waals surface area contributed by atoms with Crippen LogP contribution in [0.3, 0.4) is 0 Å². The van der Waals surface area contributed by atoms with Crippen molar-refractivity contribution < 1.29 is 14.3 Å². The van der Waals surface area contributed by atoms with Crippen molar-refractivity contribution in [2.45, 2.75) is 13.3 Å². The molecule has 2 amide bonds. The second kappa shape index (κ2) is 8.48. The monoisotopic (exact) mass is 307 g/mol. The number of carbonyl (C=O) groups is 1. The highest BCUT2D eigenvalue weighted by molar-refractivity contribution is 5.74. The molecule has 2 rings (SSSR count). The third-order valence-corrected chi connectivity index (χ3v) is 3.62. The van der Waals surface area contributed by atoms with E-state index < -0.39 is 0 Å². The molecule has 1 aliphatic heterocycles. The number of piperazine rings is 1. The van der Waals surface area contributed by atoms with Gasteiger partial charge in [-0.3, -0.25) is 0 Å². The first-order valence-corrected chi connectivity index (χ1v) is 7.77. The lowest BCUT2D eigenvalue weighted by Gasteiger charge is -2.27. The summed E-state index contributed by atoms with van der Waals surface area (Å²) in [5.41, 5.74) is 1.11. The Bertz CT molecular complexity index is 488. The van der Waals surface area contributed by atoms with Crippen LogP contribution in [0.2, 0.25) is 0 Å². The third-order valence-electron chi connectivity index (χ3n) is 3.62. The van der Waals surface area contributed by atoms with Crippen molar-refractivity contribution in [3.63, 3.8) is 0 Å². The Morgan fingerprint density at radius 3 is 2.77 bits per heavy atom. The van der Waals surface area contributed by atoms with Crippen LogP contribution < -0.4 is 20.1 Å². The maximum atomic E-state index is 12.0. The van der Waals surface area contributed by atoms with Crippen LogP contribution in [-0.4, -0.2) is 57.4 Å². The molecule has 1 aliphatic rings. The molecule has 0 aliphatic carbocycles. The summed E-state index contributed by atoms with van der Waals surface area (Å²) in [5.74, 6) is 1.48. The minimum absolute atomic E-state index is 0.0133. The molecule has 1 aromatic rings. The van der Waals surface area contributed by atoms with Gasteiger partial charge in [-0.05, 0) is 31.0 Å². The summed E-state index contributed by atoms with van der Waals surface area (Å²) in [7, 11) is 1.63. The van der Waals surface area contributed by atoms with Gasteiger partial charge in [-0.1, -0.05) is 6.07 Å². The number of hydrogen-bond donors (Lipinski definition) is 2. The fourth-order valence-electron chi connectivity index (χ4n) is 2.44. The summed E-state index contributed by atoms with van der Waals surface area (Å²) < 4.78 is 10.8. The molecule has 0 aromatic heterocycles. The maximum absolute atomic E-state index is 12.0. The lowest BCUT2D eigenvalue weighted by atomic mass is 10.1. The largest absolute Gasteiger partial charge is 0.493 e. The highest BCUT2D eigenvalue weighted by atomic mass is 16.5. The van der Waals surface area contributed by atoms with E-state index in [1.165, 1.54) is 0 Å². The Morgan fingerprint density at radius 2 is 2.09 bits per heavy atom. The number of benzene rings is 1. The van der Waals surface area contributed by atoms with Gasteiger partial charge < -0.3 is 25.0 Å². The van der Waals surface area contributed by atoms with Crippen LogP contribution in [-0.2, 0) is 6.42 Å². The molecule has 6 heteroatoms. The normalized spacial score (nSPS) is 14.5. The number of nitrogens with one attached hydrogen (secondary N) is 2. The number of hydrogen-bond acceptors (Lipinski definition) is 4. The van der Waals surface area contributed by atoms with E-state index >= 15 is 0 Å². The van der Waals surface area contributed by atoms with E-state index in [9.17, 15) is 4.79 Å². The fourth-order valence-corrected chi connectivity index (χ4v) is 2.44. The van der Waals surface area contributed by atoms with Crippen molar-refractivity contribution in [2.75, 3.05) is 46.4 Å². The number of ether oxygens (including phenoxy) is 2. The molecule has 2 N–H and O–H groups in total. The first kappa shape index (κ1) is 16.4. The van der Waals surface area contributed by atoms with Crippen molar-refractivity contribution in [3.8, 4) is 11.5 Å². The first-order valence-electron chi connectivity index (χ1n) is 7.77. The smallest absolute Gasteiger partial charge is 0.317 e. The predicted octanol–water partition coefficient (Wildman–Crippen LogP) is 1.25. The van der Waals surface area contributed by atoms with E-state index in [2.05, 4.69) is 10.6 Å². The quantitative estimate of drug-likeness (QED) is 0.830. The van der Waals surface area contributed by atoms with Crippen LogP contribution in [0, 0.1) is 0 Å². The van der Waals surface area contributed by atoms with E-state index in [1.54, 1.807) is 7.11 Å². The zero-order chi connectivity index (χ0) is 15.8. The van der Waals surface area contributed by atoms with Crippen molar-refractivity contribution in [1.82, 2.24) is 15.5 Å². The van der Waals surface area contributed by atoms with Gasteiger partial charge in [0.25, 0.3) is 0 Å². The SMILES string of the molecule is CCOc1ccc(CCNC(=O)N2CCNCC2)cc1OC. The highest BCUT2D eigenvalue weighted by Crippen LogP contribution is 2.28. The Kier molecular flexibility index (Phi) is 6.33. The van der Waals surface area contributed by atoms with Crippen LogP contribution in [0.4, 0.5) is 4.79 Å². The van der Waals surface area contributed by atoms with Gasteiger partial charge in [0.1, 0.15) is 0 Å². The van der Waals surface area contributed by atoms with E-state index in [0.717, 1.165) is 49.7 Å². The van der Waals surface area contributed by atoms with E-state index in [1.807, 2.05) is 30.0 Å². The first-order chi connectivity index (χ1) is 10.7. The molecule has 0 atom stereocenters. The lowest BCUT2D eigenvalue weighted by Crippen LogP contribution is -2.50. The van der Waals surface area contributed by atoms with E-state index in [4.69, 9.17) is 9.47 Å². The summed E-state index contributed by atoms with van der Waals surface area (Å²) in [6.45, 7) is 6.42. The number of methoxy groups -OCH3 is 1. The highest BCUT2D eigenvalue weighted by Gasteiger charge is 2.15. The molecule has 0 bridgehead atoms. The third kappa shape index (κ3) is 4.53. The molecule has 0 saturated carbocycles. The topological polar surface area (TPSA) is 62.8 Å². The van der Waals surface area contributed by atoms with Crippen LogP contribution in [0.5, 0.6) is 11.5 Å². The molecule has 1 heterocycles. The second-order valence-corrected chi connectivity index (χ2v) is 5.14. The van der Waals surface area contributed by atoms with Crippen molar-refractivity contribution >= 4 is 6.03 Å². The van der Waals surface area contributed by atoms with E-state index in [-0.39, 0.29) is 6.03 Å². The second-order valence-electron chi connectivity index (χ2n) is 5.14. The molecule has 0 radical (unpaired) electrons. The number of rotatable bonds is 6. The van der Waals surface area contributed by atoms with Gasteiger partial charge in [-0.25, -0.2) is 4.79 Å². The molecule has 0 spiro atoms. The molecule has 122 valence electrons. The standard InChI is InChI=1S/C16H25N3O3/c1-3-22-14-5-4-13(12-15(14)21-2)6-7-18-16(20)19-10-8-17-9-11-19/h4-5,12,17H,3,6-11H2,1-2H3,(H,18,20). The van der Waals surface area contributed by atoms with Crippen molar-refractivity contribution in [2.24, 2.45) is 0 Å². The minimum Gasteiger partial charge on any atom is -0.493 e. The molecule has 1 fully saturated rings. The summed E-state index contributed by atoms with van der Waals surface area (Å²) in [6.07, 6.45) is 0.764. The predicted molar refractivity (Wildman–Crippen MR) is 85.7 cm³/mol. The number of nitrogens with zero attached hydrogens (tertiary/aromatic N) is 1. The Balaban J connectivity index is 1.82. The van der Waals surface area contributed by atoms with Gasteiger partial charge in [0, 0.05) is 32.7 Å². The summed E-state index contributed by atoms with van der Waals surface area (Å²) in [5, 5.41) is 6.20. The average Bonchev–Trinajstić information content (AvgIpc) is 2.57. The van der Waals surface area contributed by atoms with Gasteiger partial charge in [0.05, 0.1) is 13.7 Å². The van der Waals surface area contributed by atoms with Gasteiger partial charge in [-0.2, -0.15) is 0 Å². The maximum Gasteiger partial charge on any atom is 0.317 e. The molecular weight excluding hydrogens is 282 g/mol. The molecule has 22 heavy (non-hydrogen) atoms. The van der Waals surface area contributed by atoms with Crippen LogP contribution in [0.25, 0.3) is 0 Å². The number of amides is 2. The Labute approximate surface area is 131 Å². The van der Waals surface area contributed by atoms with Crippen LogP contribution in [0.1, 0.15) is 12.5 Å². The number of urea groups is 1. The molecular formula is C16H25N3O3. The fraction of sp³-hybridized carbons (Fsp3) is 0.562. The lowest BCUT2D eigenvalue weighted by molar-refractivity contribution is 0.190. The molecule has 6 nitrogen and oxygen atoms in total. The van der Waals surface area contributed by atoms with E-state index in [0.29, 0.717) is 13.2 Å².